The van der Waals surface area contributed by atoms with Crippen molar-refractivity contribution in [3.05, 3.63) is 64.7 Å². The molecule has 0 aromatic heterocycles. The molecule has 3 N–H and O–H groups in total. The number of aromatic carboxylic acids is 2. The van der Waals surface area contributed by atoms with Crippen LogP contribution in [0, 0.1) is 6.92 Å². The number of hydrogen-bond donors (Lipinski definition) is 3. The Morgan fingerprint density at radius 2 is 1.41 bits per heavy atom. The Hall–Kier alpha value is -3.07. The monoisotopic (exact) mass is 410 g/mol. The SMILES string of the molecule is Cc1c(C(=O)O)cccc1C(=O)O.FC(F)(F)c1ccc(N2CCNCC2)cc1. The van der Waals surface area contributed by atoms with Crippen LogP contribution in [0.1, 0.15) is 31.8 Å². The summed E-state index contributed by atoms with van der Waals surface area (Å²) >= 11 is 0. The third kappa shape index (κ3) is 5.95. The number of nitrogens with zero attached hydrogens (tertiary/aromatic N) is 1. The lowest BCUT2D eigenvalue weighted by Gasteiger charge is -2.29. The van der Waals surface area contributed by atoms with Crippen LogP contribution >= 0.6 is 0 Å². The first-order chi connectivity index (χ1) is 13.6. The number of carbonyl (C=O) groups is 2. The maximum absolute atomic E-state index is 12.3. The van der Waals surface area contributed by atoms with Crippen molar-refractivity contribution in [2.24, 2.45) is 0 Å². The van der Waals surface area contributed by atoms with Crippen LogP contribution in [0.15, 0.2) is 42.5 Å². The van der Waals surface area contributed by atoms with Gasteiger partial charge in [-0.05, 0) is 48.9 Å². The van der Waals surface area contributed by atoms with Gasteiger partial charge in [-0.1, -0.05) is 6.07 Å². The molecule has 0 amide bonds. The van der Waals surface area contributed by atoms with Gasteiger partial charge in [0.1, 0.15) is 0 Å². The molecule has 2 aromatic carbocycles. The molecular formula is C20H21F3N2O4. The summed E-state index contributed by atoms with van der Waals surface area (Å²) in [6, 6.07) is 9.52. The molecular weight excluding hydrogens is 389 g/mol. The van der Waals surface area contributed by atoms with Crippen molar-refractivity contribution in [1.82, 2.24) is 5.32 Å². The van der Waals surface area contributed by atoms with Crippen LogP contribution in [-0.4, -0.2) is 48.3 Å². The van der Waals surface area contributed by atoms with Gasteiger partial charge < -0.3 is 20.4 Å². The molecule has 1 aliphatic rings. The van der Waals surface area contributed by atoms with E-state index < -0.39 is 23.7 Å². The maximum atomic E-state index is 12.3. The van der Waals surface area contributed by atoms with Gasteiger partial charge in [-0.15, -0.1) is 0 Å². The molecule has 1 fully saturated rings. The molecule has 156 valence electrons. The van der Waals surface area contributed by atoms with Gasteiger partial charge >= 0.3 is 18.1 Å². The number of rotatable bonds is 3. The zero-order valence-corrected chi connectivity index (χ0v) is 15.7. The number of benzene rings is 2. The lowest BCUT2D eigenvalue weighted by atomic mass is 10.0. The van der Waals surface area contributed by atoms with E-state index in [1.165, 1.54) is 37.3 Å². The summed E-state index contributed by atoms with van der Waals surface area (Å²) in [5, 5.41) is 20.6. The quantitative estimate of drug-likeness (QED) is 0.718. The van der Waals surface area contributed by atoms with E-state index in [1.54, 1.807) is 0 Å². The molecule has 6 nitrogen and oxygen atoms in total. The number of piperazine rings is 1. The van der Waals surface area contributed by atoms with Crippen LogP contribution in [0.4, 0.5) is 18.9 Å². The van der Waals surface area contributed by atoms with Crippen LogP contribution in [-0.2, 0) is 6.18 Å². The Balaban J connectivity index is 0.000000212. The highest BCUT2D eigenvalue weighted by Gasteiger charge is 2.30. The normalized spacial score (nSPS) is 14.0. The van der Waals surface area contributed by atoms with Crippen molar-refractivity contribution in [3.8, 4) is 0 Å². The largest absolute Gasteiger partial charge is 0.478 e. The van der Waals surface area contributed by atoms with Crippen LogP contribution < -0.4 is 10.2 Å². The van der Waals surface area contributed by atoms with Crippen molar-refractivity contribution in [2.45, 2.75) is 13.1 Å². The fourth-order valence-corrected chi connectivity index (χ4v) is 2.88. The Bertz CT molecular complexity index is 829. The topological polar surface area (TPSA) is 89.9 Å². The smallest absolute Gasteiger partial charge is 0.416 e. The van der Waals surface area contributed by atoms with Crippen molar-refractivity contribution < 1.29 is 33.0 Å². The Kier molecular flexibility index (Phi) is 7.22. The molecule has 9 heteroatoms. The van der Waals surface area contributed by atoms with Crippen molar-refractivity contribution in [2.75, 3.05) is 31.1 Å². The Labute approximate surface area is 165 Å². The Morgan fingerprint density at radius 3 is 1.83 bits per heavy atom. The number of nitrogens with one attached hydrogen (secondary N) is 1. The molecule has 3 rings (SSSR count). The number of alkyl halides is 3. The minimum Gasteiger partial charge on any atom is -0.478 e. The molecule has 0 unspecified atom stereocenters. The van der Waals surface area contributed by atoms with Crippen LogP contribution in [0.5, 0.6) is 0 Å². The Morgan fingerprint density at radius 1 is 0.931 bits per heavy atom. The second kappa shape index (κ2) is 9.42. The second-order valence-electron chi connectivity index (χ2n) is 6.37. The highest BCUT2D eigenvalue weighted by atomic mass is 19.4. The first-order valence-corrected chi connectivity index (χ1v) is 8.80. The zero-order valence-electron chi connectivity index (χ0n) is 15.7. The third-order valence-corrected chi connectivity index (χ3v) is 4.47. The van der Waals surface area contributed by atoms with Crippen molar-refractivity contribution in [1.29, 1.82) is 0 Å². The molecule has 0 atom stereocenters. The lowest BCUT2D eigenvalue weighted by Crippen LogP contribution is -2.43. The van der Waals surface area contributed by atoms with Crippen molar-refractivity contribution in [3.63, 3.8) is 0 Å². The van der Waals surface area contributed by atoms with Crippen LogP contribution in [0.3, 0.4) is 0 Å². The minimum absolute atomic E-state index is 0.0277. The molecule has 0 bridgehead atoms. The number of anilines is 1. The summed E-state index contributed by atoms with van der Waals surface area (Å²) in [5.74, 6) is -2.22. The first kappa shape index (κ1) is 22.2. The van der Waals surface area contributed by atoms with Gasteiger partial charge in [-0.2, -0.15) is 13.2 Å². The van der Waals surface area contributed by atoms with Gasteiger partial charge in [0.2, 0.25) is 0 Å². The van der Waals surface area contributed by atoms with Gasteiger partial charge in [-0.3, -0.25) is 0 Å². The molecule has 0 radical (unpaired) electrons. The van der Waals surface area contributed by atoms with Crippen molar-refractivity contribution >= 4 is 17.6 Å². The van der Waals surface area contributed by atoms with E-state index in [-0.39, 0.29) is 16.7 Å². The van der Waals surface area contributed by atoms with E-state index in [2.05, 4.69) is 10.2 Å². The summed E-state index contributed by atoms with van der Waals surface area (Å²) in [7, 11) is 0. The number of halogens is 3. The van der Waals surface area contributed by atoms with Gasteiger partial charge in [-0.25, -0.2) is 9.59 Å². The van der Waals surface area contributed by atoms with E-state index in [9.17, 15) is 22.8 Å². The summed E-state index contributed by atoms with van der Waals surface area (Å²) in [6.07, 6.45) is -4.25. The molecule has 0 spiro atoms. The van der Waals surface area contributed by atoms with Gasteiger partial charge in [0, 0.05) is 31.9 Å². The molecule has 1 saturated heterocycles. The fourth-order valence-electron chi connectivity index (χ4n) is 2.88. The summed E-state index contributed by atoms with van der Waals surface area (Å²) in [6.45, 7) is 4.91. The molecule has 1 aliphatic heterocycles. The second-order valence-corrected chi connectivity index (χ2v) is 6.37. The predicted octanol–water partition coefficient (Wildman–Crippen LogP) is 3.51. The highest BCUT2D eigenvalue weighted by molar-refractivity contribution is 5.96. The molecule has 0 saturated carbocycles. The number of hydrogen-bond acceptors (Lipinski definition) is 4. The summed E-state index contributed by atoms with van der Waals surface area (Å²) in [5.41, 5.74) is 0.600. The molecule has 1 heterocycles. The van der Waals surface area contributed by atoms with Gasteiger partial charge in [0.05, 0.1) is 16.7 Å². The average molecular weight is 410 g/mol. The lowest BCUT2D eigenvalue weighted by molar-refractivity contribution is -0.137. The van der Waals surface area contributed by atoms with E-state index in [0.717, 1.165) is 44.0 Å². The van der Waals surface area contributed by atoms with E-state index in [1.807, 2.05) is 0 Å². The van der Waals surface area contributed by atoms with E-state index >= 15 is 0 Å². The number of carboxylic acids is 2. The van der Waals surface area contributed by atoms with Gasteiger partial charge in [0.15, 0.2) is 0 Å². The molecule has 29 heavy (non-hydrogen) atoms. The molecule has 2 aromatic rings. The first-order valence-electron chi connectivity index (χ1n) is 8.80. The molecule has 0 aliphatic carbocycles. The van der Waals surface area contributed by atoms with E-state index in [0.29, 0.717) is 0 Å². The highest BCUT2D eigenvalue weighted by Crippen LogP contribution is 2.30. The minimum atomic E-state index is -4.25. The van der Waals surface area contributed by atoms with Gasteiger partial charge in [0.25, 0.3) is 0 Å². The number of carboxylic acid groups (broad SMARTS) is 2. The van der Waals surface area contributed by atoms with Crippen LogP contribution in [0.2, 0.25) is 0 Å². The summed E-state index contributed by atoms with van der Waals surface area (Å²) < 4.78 is 37.0. The maximum Gasteiger partial charge on any atom is 0.416 e. The zero-order chi connectivity index (χ0) is 21.6. The fraction of sp³-hybridized carbons (Fsp3) is 0.300. The average Bonchev–Trinajstić information content (AvgIpc) is 2.68. The van der Waals surface area contributed by atoms with E-state index in [4.69, 9.17) is 10.2 Å². The standard InChI is InChI=1S/C11H13F3N2.C9H8O4/c12-11(13,14)9-1-3-10(4-2-9)16-7-5-15-6-8-16;1-5-6(8(10)11)3-2-4-7(5)9(12)13/h1-4,15H,5-8H2;2-4H,1H3,(H,10,11)(H,12,13). The third-order valence-electron chi connectivity index (χ3n) is 4.47. The summed E-state index contributed by atoms with van der Waals surface area (Å²) in [4.78, 5) is 23.3. The predicted molar refractivity (Wildman–Crippen MR) is 102 cm³/mol. The van der Waals surface area contributed by atoms with Crippen LogP contribution in [0.25, 0.3) is 0 Å².